The molecule has 0 saturated carbocycles. The number of likely N-dealkylation sites (N-methyl/N-ethyl adjacent to an activating group) is 1. The summed E-state index contributed by atoms with van der Waals surface area (Å²) in [4.78, 5) is 13.7. The van der Waals surface area contributed by atoms with Crippen LogP contribution in [0.4, 0.5) is 0 Å². The summed E-state index contributed by atoms with van der Waals surface area (Å²) >= 11 is 0. The van der Waals surface area contributed by atoms with Crippen molar-refractivity contribution in [3.63, 3.8) is 0 Å². The first-order valence-electron chi connectivity index (χ1n) is 7.82. The van der Waals surface area contributed by atoms with Gasteiger partial charge in [-0.3, -0.25) is 4.79 Å². The molecule has 0 spiro atoms. The van der Waals surface area contributed by atoms with Gasteiger partial charge in [0.1, 0.15) is 0 Å². The highest BCUT2D eigenvalue weighted by Gasteiger charge is 2.12. The molecule has 1 rings (SSSR count). The summed E-state index contributed by atoms with van der Waals surface area (Å²) < 4.78 is 11.3. The van der Waals surface area contributed by atoms with Crippen LogP contribution >= 0.6 is 0 Å². The molecule has 0 unspecified atom stereocenters. The zero-order valence-electron chi connectivity index (χ0n) is 13.6. The highest BCUT2D eigenvalue weighted by Crippen LogP contribution is 2.29. The Labute approximate surface area is 128 Å². The fourth-order valence-corrected chi connectivity index (χ4v) is 2.19. The van der Waals surface area contributed by atoms with Gasteiger partial charge in [0, 0.05) is 13.1 Å². The van der Waals surface area contributed by atoms with Crippen molar-refractivity contribution in [3.05, 3.63) is 23.8 Å². The molecule has 0 aliphatic rings. The summed E-state index contributed by atoms with van der Waals surface area (Å²) in [6.07, 6.45) is 2.10. The minimum absolute atomic E-state index is 0.0000770. The van der Waals surface area contributed by atoms with Crippen LogP contribution in [-0.4, -0.2) is 37.1 Å². The van der Waals surface area contributed by atoms with Crippen molar-refractivity contribution in [2.75, 3.05) is 26.3 Å². The second kappa shape index (κ2) is 9.27. The summed E-state index contributed by atoms with van der Waals surface area (Å²) in [6, 6.07) is 5.93. The molecule has 0 aromatic heterocycles. The molecule has 1 aromatic carbocycles. The van der Waals surface area contributed by atoms with E-state index in [0.717, 1.165) is 18.6 Å². The summed E-state index contributed by atoms with van der Waals surface area (Å²) in [5.41, 5.74) is 1.23. The van der Waals surface area contributed by atoms with Crippen molar-refractivity contribution < 1.29 is 14.3 Å². The van der Waals surface area contributed by atoms with Crippen molar-refractivity contribution in [2.45, 2.75) is 40.5 Å². The molecule has 21 heavy (non-hydrogen) atoms. The van der Waals surface area contributed by atoms with E-state index >= 15 is 0 Å². The number of aryl methyl sites for hydroxylation is 1. The SMILES string of the molecule is CCCc1ccc(OCC(=O)N(CC)CC)c(OCC)c1. The third-order valence-corrected chi connectivity index (χ3v) is 3.31. The Balaban J connectivity index is 2.75. The summed E-state index contributed by atoms with van der Waals surface area (Å²) in [5, 5.41) is 0. The zero-order valence-corrected chi connectivity index (χ0v) is 13.6. The van der Waals surface area contributed by atoms with E-state index in [2.05, 4.69) is 6.92 Å². The van der Waals surface area contributed by atoms with E-state index in [1.165, 1.54) is 5.56 Å². The average Bonchev–Trinajstić information content (AvgIpc) is 2.48. The smallest absolute Gasteiger partial charge is 0.260 e. The predicted octanol–water partition coefficient (Wildman–Crippen LogP) is 3.29. The predicted molar refractivity (Wildman–Crippen MR) is 85.0 cm³/mol. The van der Waals surface area contributed by atoms with Crippen LogP contribution in [0, 0.1) is 0 Å². The second-order valence-electron chi connectivity index (χ2n) is 4.82. The molecule has 118 valence electrons. The van der Waals surface area contributed by atoms with Crippen LogP contribution in [0.1, 0.15) is 39.7 Å². The molecular weight excluding hydrogens is 266 g/mol. The Morgan fingerprint density at radius 1 is 1.05 bits per heavy atom. The fraction of sp³-hybridized carbons (Fsp3) is 0.588. The van der Waals surface area contributed by atoms with Crippen molar-refractivity contribution >= 4 is 5.91 Å². The number of carbonyl (C=O) groups excluding carboxylic acids is 1. The number of benzene rings is 1. The number of carbonyl (C=O) groups is 1. The number of ether oxygens (including phenoxy) is 2. The Morgan fingerprint density at radius 2 is 1.76 bits per heavy atom. The van der Waals surface area contributed by atoms with Gasteiger partial charge in [0.15, 0.2) is 18.1 Å². The highest BCUT2D eigenvalue weighted by molar-refractivity contribution is 5.77. The largest absolute Gasteiger partial charge is 0.490 e. The molecule has 0 fully saturated rings. The third kappa shape index (κ3) is 5.29. The highest BCUT2D eigenvalue weighted by atomic mass is 16.5. The molecule has 0 N–H and O–H groups in total. The van der Waals surface area contributed by atoms with E-state index in [1.807, 2.05) is 39.0 Å². The number of hydrogen-bond donors (Lipinski definition) is 0. The first kappa shape index (κ1) is 17.3. The lowest BCUT2D eigenvalue weighted by molar-refractivity contribution is -0.132. The van der Waals surface area contributed by atoms with Gasteiger partial charge in [0.25, 0.3) is 5.91 Å². The topological polar surface area (TPSA) is 38.8 Å². The molecule has 0 radical (unpaired) electrons. The molecule has 0 bridgehead atoms. The van der Waals surface area contributed by atoms with Crippen LogP contribution in [0.15, 0.2) is 18.2 Å². The van der Waals surface area contributed by atoms with Gasteiger partial charge < -0.3 is 14.4 Å². The van der Waals surface area contributed by atoms with E-state index in [1.54, 1.807) is 4.90 Å². The summed E-state index contributed by atoms with van der Waals surface area (Å²) in [5.74, 6) is 1.35. The maximum absolute atomic E-state index is 12.0. The van der Waals surface area contributed by atoms with Gasteiger partial charge in [-0.1, -0.05) is 19.4 Å². The van der Waals surface area contributed by atoms with E-state index in [9.17, 15) is 4.79 Å². The minimum Gasteiger partial charge on any atom is -0.490 e. The van der Waals surface area contributed by atoms with Gasteiger partial charge in [0.2, 0.25) is 0 Å². The van der Waals surface area contributed by atoms with E-state index < -0.39 is 0 Å². The number of rotatable bonds is 9. The third-order valence-electron chi connectivity index (χ3n) is 3.31. The Hall–Kier alpha value is -1.71. The molecule has 0 aliphatic carbocycles. The molecule has 4 nitrogen and oxygen atoms in total. The van der Waals surface area contributed by atoms with Crippen LogP contribution in [0.5, 0.6) is 11.5 Å². The number of amides is 1. The number of hydrogen-bond acceptors (Lipinski definition) is 3. The molecule has 0 saturated heterocycles. The lowest BCUT2D eigenvalue weighted by Gasteiger charge is -2.19. The van der Waals surface area contributed by atoms with Gasteiger partial charge in [-0.2, -0.15) is 0 Å². The Bertz CT molecular complexity index is 442. The van der Waals surface area contributed by atoms with Crippen LogP contribution in [0.3, 0.4) is 0 Å². The molecule has 1 aromatic rings. The lowest BCUT2D eigenvalue weighted by atomic mass is 10.1. The van der Waals surface area contributed by atoms with E-state index in [-0.39, 0.29) is 12.5 Å². The average molecular weight is 293 g/mol. The first-order chi connectivity index (χ1) is 10.2. The van der Waals surface area contributed by atoms with Crippen molar-refractivity contribution in [2.24, 2.45) is 0 Å². The molecule has 0 heterocycles. The van der Waals surface area contributed by atoms with Gasteiger partial charge >= 0.3 is 0 Å². The summed E-state index contributed by atoms with van der Waals surface area (Å²) in [6.45, 7) is 10.0. The first-order valence-corrected chi connectivity index (χ1v) is 7.82. The fourth-order valence-electron chi connectivity index (χ4n) is 2.19. The lowest BCUT2D eigenvalue weighted by Crippen LogP contribution is -2.34. The maximum Gasteiger partial charge on any atom is 0.260 e. The normalized spacial score (nSPS) is 10.3. The molecular formula is C17H27NO3. The van der Waals surface area contributed by atoms with Crippen LogP contribution < -0.4 is 9.47 Å². The number of nitrogens with zero attached hydrogens (tertiary/aromatic N) is 1. The van der Waals surface area contributed by atoms with E-state index in [0.29, 0.717) is 25.4 Å². The molecule has 0 aliphatic heterocycles. The Morgan fingerprint density at radius 3 is 2.33 bits per heavy atom. The van der Waals surface area contributed by atoms with Crippen molar-refractivity contribution in [1.29, 1.82) is 0 Å². The standard InChI is InChI=1S/C17H27NO3/c1-5-9-14-10-11-15(16(12-14)20-8-4)21-13-17(19)18(6-2)7-3/h10-12H,5-9,13H2,1-4H3. The van der Waals surface area contributed by atoms with Crippen LogP contribution in [-0.2, 0) is 11.2 Å². The van der Waals surface area contributed by atoms with Crippen molar-refractivity contribution in [3.8, 4) is 11.5 Å². The van der Waals surface area contributed by atoms with Crippen molar-refractivity contribution in [1.82, 2.24) is 4.90 Å². The second-order valence-corrected chi connectivity index (χ2v) is 4.82. The monoisotopic (exact) mass is 293 g/mol. The van der Waals surface area contributed by atoms with Gasteiger partial charge in [-0.15, -0.1) is 0 Å². The van der Waals surface area contributed by atoms with E-state index in [4.69, 9.17) is 9.47 Å². The van der Waals surface area contributed by atoms with Crippen LogP contribution in [0.2, 0.25) is 0 Å². The van der Waals surface area contributed by atoms with Gasteiger partial charge in [-0.05, 0) is 44.9 Å². The molecule has 0 atom stereocenters. The molecule has 1 amide bonds. The van der Waals surface area contributed by atoms with Gasteiger partial charge in [0.05, 0.1) is 6.61 Å². The van der Waals surface area contributed by atoms with Crippen LogP contribution in [0.25, 0.3) is 0 Å². The summed E-state index contributed by atoms with van der Waals surface area (Å²) in [7, 11) is 0. The maximum atomic E-state index is 12.0. The minimum atomic E-state index is 0.0000770. The quantitative estimate of drug-likeness (QED) is 0.701. The molecule has 4 heteroatoms. The van der Waals surface area contributed by atoms with Gasteiger partial charge in [-0.25, -0.2) is 0 Å². The Kier molecular flexibility index (Phi) is 7.65. The zero-order chi connectivity index (χ0) is 15.7.